The highest BCUT2D eigenvalue weighted by Crippen LogP contribution is 2.32. The minimum absolute atomic E-state index is 0.149. The molecule has 2 fully saturated rings. The number of aliphatic carboxylic acids is 1. The zero-order valence-electron chi connectivity index (χ0n) is 12.4. The standard InChI is InChI=1S/C14H27N3O2/c1-13(2)10-17(8-7-16(13)3)11-5-4-6-14(15,9-11)12(18)19/h11H,4-10,15H2,1-3H3,(H,18,19). The average Bonchev–Trinajstić information content (AvgIpc) is 2.32. The number of rotatable bonds is 2. The van der Waals surface area contributed by atoms with Crippen LogP contribution in [0, 0.1) is 0 Å². The molecule has 2 aliphatic rings. The number of nitrogens with two attached hydrogens (primary N) is 1. The minimum Gasteiger partial charge on any atom is -0.480 e. The van der Waals surface area contributed by atoms with Crippen LogP contribution in [0.2, 0.25) is 0 Å². The van der Waals surface area contributed by atoms with Gasteiger partial charge in [0.25, 0.3) is 0 Å². The highest BCUT2D eigenvalue weighted by molar-refractivity contribution is 5.78. The van der Waals surface area contributed by atoms with Crippen LogP contribution < -0.4 is 5.73 Å². The van der Waals surface area contributed by atoms with Gasteiger partial charge in [0.1, 0.15) is 5.54 Å². The lowest BCUT2D eigenvalue weighted by Gasteiger charge is -2.50. The minimum atomic E-state index is -1.02. The van der Waals surface area contributed by atoms with Crippen molar-refractivity contribution in [3.63, 3.8) is 0 Å². The molecule has 5 heteroatoms. The van der Waals surface area contributed by atoms with Crippen molar-refractivity contribution in [3.8, 4) is 0 Å². The van der Waals surface area contributed by atoms with Gasteiger partial charge in [-0.3, -0.25) is 14.6 Å². The molecule has 2 rings (SSSR count). The van der Waals surface area contributed by atoms with Crippen molar-refractivity contribution in [1.29, 1.82) is 0 Å². The molecular weight excluding hydrogens is 242 g/mol. The lowest BCUT2D eigenvalue weighted by Crippen LogP contribution is -2.63. The van der Waals surface area contributed by atoms with Gasteiger partial charge in [-0.05, 0) is 46.6 Å². The average molecular weight is 269 g/mol. The molecule has 1 saturated heterocycles. The molecule has 0 spiro atoms. The summed E-state index contributed by atoms with van der Waals surface area (Å²) in [7, 11) is 2.16. The second-order valence-corrected chi connectivity index (χ2v) is 6.92. The van der Waals surface area contributed by atoms with Crippen LogP contribution in [0.5, 0.6) is 0 Å². The molecule has 0 aromatic heterocycles. The molecule has 2 unspecified atom stereocenters. The largest absolute Gasteiger partial charge is 0.480 e. The van der Waals surface area contributed by atoms with Crippen molar-refractivity contribution < 1.29 is 9.90 Å². The Morgan fingerprint density at radius 2 is 2.05 bits per heavy atom. The van der Waals surface area contributed by atoms with Crippen LogP contribution in [0.3, 0.4) is 0 Å². The van der Waals surface area contributed by atoms with Gasteiger partial charge in [0.2, 0.25) is 0 Å². The summed E-state index contributed by atoms with van der Waals surface area (Å²) in [6, 6.07) is 0.322. The summed E-state index contributed by atoms with van der Waals surface area (Å²) in [5.74, 6) is -0.842. The third kappa shape index (κ3) is 2.93. The molecular formula is C14H27N3O2. The van der Waals surface area contributed by atoms with E-state index in [1.54, 1.807) is 0 Å². The van der Waals surface area contributed by atoms with E-state index in [0.717, 1.165) is 32.5 Å². The van der Waals surface area contributed by atoms with Crippen LogP contribution in [0.4, 0.5) is 0 Å². The molecule has 2 atom stereocenters. The first kappa shape index (κ1) is 14.8. The van der Waals surface area contributed by atoms with Crippen LogP contribution in [0.15, 0.2) is 0 Å². The van der Waals surface area contributed by atoms with E-state index in [9.17, 15) is 9.90 Å². The molecule has 0 bridgehead atoms. The Kier molecular flexibility index (Phi) is 3.91. The van der Waals surface area contributed by atoms with Crippen LogP contribution in [-0.4, -0.2) is 64.7 Å². The summed E-state index contributed by atoms with van der Waals surface area (Å²) in [4.78, 5) is 16.2. The fourth-order valence-corrected chi connectivity index (χ4v) is 3.37. The van der Waals surface area contributed by atoms with Crippen LogP contribution in [-0.2, 0) is 4.79 Å². The van der Waals surface area contributed by atoms with Gasteiger partial charge in [0.05, 0.1) is 0 Å². The molecule has 3 N–H and O–H groups in total. The molecule has 1 aliphatic heterocycles. The summed E-state index contributed by atoms with van der Waals surface area (Å²) in [6.45, 7) is 7.53. The van der Waals surface area contributed by atoms with Crippen LogP contribution >= 0.6 is 0 Å². The first-order valence-corrected chi connectivity index (χ1v) is 7.22. The zero-order chi connectivity index (χ0) is 14.3. The van der Waals surface area contributed by atoms with Crippen molar-refractivity contribution in [2.75, 3.05) is 26.7 Å². The van der Waals surface area contributed by atoms with E-state index in [-0.39, 0.29) is 5.54 Å². The quantitative estimate of drug-likeness (QED) is 0.773. The Bertz CT molecular complexity index is 359. The maximum Gasteiger partial charge on any atom is 0.323 e. The van der Waals surface area contributed by atoms with Gasteiger partial charge in [0.15, 0.2) is 0 Å². The van der Waals surface area contributed by atoms with E-state index in [1.807, 2.05) is 0 Å². The molecule has 0 radical (unpaired) electrons. The van der Waals surface area contributed by atoms with E-state index in [2.05, 4.69) is 30.7 Å². The van der Waals surface area contributed by atoms with E-state index in [4.69, 9.17) is 5.73 Å². The second-order valence-electron chi connectivity index (χ2n) is 6.92. The highest BCUT2D eigenvalue weighted by atomic mass is 16.4. The Morgan fingerprint density at radius 3 is 2.63 bits per heavy atom. The van der Waals surface area contributed by atoms with Gasteiger partial charge in [0, 0.05) is 31.2 Å². The summed E-state index contributed by atoms with van der Waals surface area (Å²) in [6.07, 6.45) is 3.18. The Balaban J connectivity index is 2.04. The molecule has 1 aliphatic carbocycles. The SMILES string of the molecule is CN1CCN(C2CCCC(N)(C(=O)O)C2)CC1(C)C. The molecule has 0 amide bonds. The van der Waals surface area contributed by atoms with Crippen molar-refractivity contribution in [2.24, 2.45) is 5.73 Å². The molecule has 110 valence electrons. The summed E-state index contributed by atoms with van der Waals surface area (Å²) < 4.78 is 0. The topological polar surface area (TPSA) is 69.8 Å². The number of nitrogens with zero attached hydrogens (tertiary/aromatic N) is 2. The van der Waals surface area contributed by atoms with Crippen molar-refractivity contribution in [3.05, 3.63) is 0 Å². The van der Waals surface area contributed by atoms with Gasteiger partial charge < -0.3 is 10.8 Å². The van der Waals surface area contributed by atoms with Gasteiger partial charge >= 0.3 is 5.97 Å². The number of hydrogen-bond acceptors (Lipinski definition) is 4. The van der Waals surface area contributed by atoms with Gasteiger partial charge in [-0.1, -0.05) is 0 Å². The van der Waals surface area contributed by atoms with Crippen molar-refractivity contribution in [2.45, 2.75) is 56.7 Å². The number of carboxylic acid groups (broad SMARTS) is 1. The van der Waals surface area contributed by atoms with Crippen molar-refractivity contribution in [1.82, 2.24) is 9.80 Å². The Morgan fingerprint density at radius 1 is 1.37 bits per heavy atom. The molecule has 1 saturated carbocycles. The second kappa shape index (κ2) is 5.04. The Hall–Kier alpha value is -0.650. The highest BCUT2D eigenvalue weighted by Gasteiger charge is 2.43. The van der Waals surface area contributed by atoms with E-state index >= 15 is 0 Å². The van der Waals surface area contributed by atoms with Gasteiger partial charge in [-0.15, -0.1) is 0 Å². The van der Waals surface area contributed by atoms with Crippen LogP contribution in [0.25, 0.3) is 0 Å². The fraction of sp³-hybridized carbons (Fsp3) is 0.929. The predicted octanol–water partition coefficient (Wildman–Crippen LogP) is 0.737. The van der Waals surface area contributed by atoms with E-state index in [1.165, 1.54) is 0 Å². The smallest absolute Gasteiger partial charge is 0.323 e. The maximum atomic E-state index is 11.3. The predicted molar refractivity (Wildman–Crippen MR) is 75.1 cm³/mol. The van der Waals surface area contributed by atoms with Gasteiger partial charge in [-0.2, -0.15) is 0 Å². The van der Waals surface area contributed by atoms with E-state index < -0.39 is 11.5 Å². The first-order chi connectivity index (χ1) is 8.74. The molecule has 0 aromatic rings. The maximum absolute atomic E-state index is 11.3. The molecule has 19 heavy (non-hydrogen) atoms. The number of piperazine rings is 1. The number of carbonyl (C=O) groups is 1. The molecule has 1 heterocycles. The number of likely N-dealkylation sites (N-methyl/N-ethyl adjacent to an activating group) is 1. The number of hydrogen-bond donors (Lipinski definition) is 2. The van der Waals surface area contributed by atoms with Crippen LogP contribution in [0.1, 0.15) is 39.5 Å². The van der Waals surface area contributed by atoms with Crippen molar-refractivity contribution >= 4 is 5.97 Å². The summed E-state index contributed by atoms with van der Waals surface area (Å²) in [5.41, 5.74) is 5.19. The molecule has 5 nitrogen and oxygen atoms in total. The monoisotopic (exact) mass is 269 g/mol. The summed E-state index contributed by atoms with van der Waals surface area (Å²) in [5, 5.41) is 9.31. The molecule has 0 aromatic carbocycles. The lowest BCUT2D eigenvalue weighted by atomic mass is 9.78. The zero-order valence-corrected chi connectivity index (χ0v) is 12.4. The van der Waals surface area contributed by atoms with E-state index in [0.29, 0.717) is 18.9 Å². The third-order valence-corrected chi connectivity index (χ3v) is 5.05. The Labute approximate surface area is 115 Å². The van der Waals surface area contributed by atoms with Gasteiger partial charge in [-0.25, -0.2) is 0 Å². The lowest BCUT2D eigenvalue weighted by molar-refractivity contribution is -0.145. The third-order valence-electron chi connectivity index (χ3n) is 5.05. The normalized spacial score (nSPS) is 37.2. The first-order valence-electron chi connectivity index (χ1n) is 7.22. The summed E-state index contributed by atoms with van der Waals surface area (Å²) >= 11 is 0. The number of carboxylic acids is 1. The fourth-order valence-electron chi connectivity index (χ4n) is 3.37.